The van der Waals surface area contributed by atoms with Gasteiger partial charge in [0.15, 0.2) is 0 Å². The van der Waals surface area contributed by atoms with E-state index in [1.165, 1.54) is 0 Å². The molecule has 0 aromatic heterocycles. The minimum atomic E-state index is -0.469. The number of ether oxygens (including phenoxy) is 1. The Morgan fingerprint density at radius 2 is 2.00 bits per heavy atom. The van der Waals surface area contributed by atoms with Crippen LogP contribution in [0.2, 0.25) is 0 Å². The largest absolute Gasteiger partial charge is 0.508 e. The molecule has 0 aliphatic heterocycles. The number of amides is 1. The number of halogens is 1. The first-order valence-electron chi connectivity index (χ1n) is 6.75. The van der Waals surface area contributed by atoms with Crippen LogP contribution in [0.15, 0.2) is 59.1 Å². The van der Waals surface area contributed by atoms with Crippen molar-refractivity contribution >= 4 is 28.1 Å². The first-order chi connectivity index (χ1) is 10.6. The molecule has 0 heterocycles. The summed E-state index contributed by atoms with van der Waals surface area (Å²) in [5.74, 6) is 0.193. The highest BCUT2D eigenvalue weighted by Crippen LogP contribution is 2.22. The van der Waals surface area contributed by atoms with Gasteiger partial charge in [0.2, 0.25) is 0 Å². The zero-order valence-corrected chi connectivity index (χ0v) is 13.4. The van der Waals surface area contributed by atoms with E-state index in [9.17, 15) is 9.90 Å². The van der Waals surface area contributed by atoms with Crippen LogP contribution in [0, 0.1) is 0 Å². The molecule has 0 atom stereocenters. The van der Waals surface area contributed by atoms with Gasteiger partial charge in [-0.2, -0.15) is 0 Å². The standard InChI is InChI=1S/C17H16BrNO3/c18-16-9-8-15(20)11-14(16)7-4-10-19-17(21)22-12-13-5-2-1-3-6-13/h1-9,11,20H,10,12H2,(H,19,21). The molecule has 22 heavy (non-hydrogen) atoms. The molecular formula is C17H16BrNO3. The zero-order valence-electron chi connectivity index (χ0n) is 11.8. The van der Waals surface area contributed by atoms with Crippen LogP contribution in [0.25, 0.3) is 6.08 Å². The SMILES string of the molecule is O=C(NCC=Cc1cc(O)ccc1Br)OCc1ccccc1. The molecule has 0 aliphatic carbocycles. The van der Waals surface area contributed by atoms with Gasteiger partial charge in [-0.25, -0.2) is 4.79 Å². The fourth-order valence-corrected chi connectivity index (χ4v) is 2.14. The molecular weight excluding hydrogens is 346 g/mol. The third kappa shape index (κ3) is 5.26. The fourth-order valence-electron chi connectivity index (χ4n) is 1.76. The summed E-state index contributed by atoms with van der Waals surface area (Å²) in [6.07, 6.45) is 3.12. The second-order valence-corrected chi connectivity index (χ2v) is 5.41. The number of nitrogens with one attached hydrogen (secondary N) is 1. The van der Waals surface area contributed by atoms with E-state index in [2.05, 4.69) is 21.2 Å². The van der Waals surface area contributed by atoms with Crippen LogP contribution in [-0.4, -0.2) is 17.7 Å². The lowest BCUT2D eigenvalue weighted by Gasteiger charge is -2.05. The molecule has 0 unspecified atom stereocenters. The number of hydrogen-bond donors (Lipinski definition) is 2. The predicted octanol–water partition coefficient (Wildman–Crippen LogP) is 4.09. The molecule has 0 aliphatic rings. The molecule has 2 aromatic carbocycles. The first-order valence-corrected chi connectivity index (χ1v) is 7.54. The topological polar surface area (TPSA) is 58.6 Å². The van der Waals surface area contributed by atoms with Crippen molar-refractivity contribution in [2.45, 2.75) is 6.61 Å². The molecule has 0 saturated heterocycles. The van der Waals surface area contributed by atoms with E-state index in [-0.39, 0.29) is 12.4 Å². The quantitative estimate of drug-likeness (QED) is 0.842. The molecule has 0 radical (unpaired) electrons. The van der Waals surface area contributed by atoms with Gasteiger partial charge in [0.1, 0.15) is 12.4 Å². The van der Waals surface area contributed by atoms with Crippen molar-refractivity contribution in [3.05, 3.63) is 70.2 Å². The van der Waals surface area contributed by atoms with Gasteiger partial charge in [0, 0.05) is 11.0 Å². The Hall–Kier alpha value is -2.27. The Morgan fingerprint density at radius 3 is 2.77 bits per heavy atom. The Morgan fingerprint density at radius 1 is 1.23 bits per heavy atom. The average Bonchev–Trinajstić information content (AvgIpc) is 2.53. The van der Waals surface area contributed by atoms with Crippen LogP contribution in [0.3, 0.4) is 0 Å². The summed E-state index contributed by atoms with van der Waals surface area (Å²) in [5.41, 5.74) is 1.77. The molecule has 2 N–H and O–H groups in total. The Labute approximate surface area is 137 Å². The van der Waals surface area contributed by atoms with E-state index < -0.39 is 6.09 Å². The van der Waals surface area contributed by atoms with Crippen molar-refractivity contribution in [3.63, 3.8) is 0 Å². The molecule has 114 valence electrons. The van der Waals surface area contributed by atoms with Crippen molar-refractivity contribution in [2.24, 2.45) is 0 Å². The number of rotatable bonds is 5. The highest BCUT2D eigenvalue weighted by molar-refractivity contribution is 9.10. The number of hydrogen-bond acceptors (Lipinski definition) is 3. The zero-order chi connectivity index (χ0) is 15.8. The number of aromatic hydroxyl groups is 1. The third-order valence-corrected chi connectivity index (χ3v) is 3.58. The van der Waals surface area contributed by atoms with Crippen molar-refractivity contribution < 1.29 is 14.6 Å². The van der Waals surface area contributed by atoms with E-state index in [0.717, 1.165) is 15.6 Å². The molecule has 4 nitrogen and oxygen atoms in total. The highest BCUT2D eigenvalue weighted by atomic mass is 79.9. The van der Waals surface area contributed by atoms with E-state index in [0.29, 0.717) is 6.54 Å². The summed E-state index contributed by atoms with van der Waals surface area (Å²) in [6, 6.07) is 14.5. The summed E-state index contributed by atoms with van der Waals surface area (Å²) in [5, 5.41) is 12.0. The number of phenols is 1. The van der Waals surface area contributed by atoms with Gasteiger partial charge < -0.3 is 15.2 Å². The van der Waals surface area contributed by atoms with Crippen LogP contribution < -0.4 is 5.32 Å². The smallest absolute Gasteiger partial charge is 0.407 e. The fraction of sp³-hybridized carbons (Fsp3) is 0.118. The van der Waals surface area contributed by atoms with Crippen LogP contribution in [0.1, 0.15) is 11.1 Å². The summed E-state index contributed by atoms with van der Waals surface area (Å²) < 4.78 is 5.96. The number of alkyl carbamates (subject to hydrolysis) is 1. The van der Waals surface area contributed by atoms with Crippen LogP contribution >= 0.6 is 15.9 Å². The molecule has 0 fully saturated rings. The molecule has 0 spiro atoms. The highest BCUT2D eigenvalue weighted by Gasteiger charge is 2.01. The number of carbonyl (C=O) groups excluding carboxylic acids is 1. The van der Waals surface area contributed by atoms with E-state index in [1.807, 2.05) is 30.3 Å². The molecule has 5 heteroatoms. The minimum absolute atomic E-state index is 0.193. The van der Waals surface area contributed by atoms with Crippen LogP contribution in [0.5, 0.6) is 5.75 Å². The van der Waals surface area contributed by atoms with Gasteiger partial charge >= 0.3 is 6.09 Å². The van der Waals surface area contributed by atoms with Gasteiger partial charge in [0.25, 0.3) is 0 Å². The van der Waals surface area contributed by atoms with Crippen molar-refractivity contribution in [1.29, 1.82) is 0 Å². The van der Waals surface area contributed by atoms with Crippen molar-refractivity contribution in [3.8, 4) is 5.75 Å². The monoisotopic (exact) mass is 361 g/mol. The second-order valence-electron chi connectivity index (χ2n) is 4.55. The summed E-state index contributed by atoms with van der Waals surface area (Å²) in [7, 11) is 0. The van der Waals surface area contributed by atoms with E-state index in [4.69, 9.17) is 4.74 Å². The van der Waals surface area contributed by atoms with Crippen LogP contribution in [-0.2, 0) is 11.3 Å². The van der Waals surface area contributed by atoms with Crippen LogP contribution in [0.4, 0.5) is 4.79 Å². The maximum absolute atomic E-state index is 11.5. The third-order valence-electron chi connectivity index (χ3n) is 2.85. The number of carbonyl (C=O) groups is 1. The lowest BCUT2D eigenvalue weighted by Crippen LogP contribution is -2.24. The van der Waals surface area contributed by atoms with Gasteiger partial charge in [-0.1, -0.05) is 58.4 Å². The van der Waals surface area contributed by atoms with E-state index in [1.54, 1.807) is 30.4 Å². The van der Waals surface area contributed by atoms with E-state index >= 15 is 0 Å². The van der Waals surface area contributed by atoms with Gasteiger partial charge in [-0.05, 0) is 29.3 Å². The van der Waals surface area contributed by atoms with Gasteiger partial charge in [-0.15, -0.1) is 0 Å². The molecule has 0 saturated carbocycles. The summed E-state index contributed by atoms with van der Waals surface area (Å²) in [6.45, 7) is 0.588. The van der Waals surface area contributed by atoms with Crippen molar-refractivity contribution in [2.75, 3.05) is 6.54 Å². The maximum Gasteiger partial charge on any atom is 0.407 e. The number of phenolic OH excluding ortho intramolecular Hbond substituents is 1. The lowest BCUT2D eigenvalue weighted by molar-refractivity contribution is 0.141. The predicted molar refractivity (Wildman–Crippen MR) is 89.5 cm³/mol. The second kappa shape index (κ2) is 8.24. The molecule has 1 amide bonds. The Balaban J connectivity index is 1.75. The lowest BCUT2D eigenvalue weighted by atomic mass is 10.2. The first kappa shape index (κ1) is 16.1. The minimum Gasteiger partial charge on any atom is -0.508 e. The number of benzene rings is 2. The summed E-state index contributed by atoms with van der Waals surface area (Å²) in [4.78, 5) is 11.5. The Kier molecular flexibility index (Phi) is 6.03. The van der Waals surface area contributed by atoms with Gasteiger partial charge in [0.05, 0.1) is 0 Å². The molecule has 2 rings (SSSR count). The average molecular weight is 362 g/mol. The van der Waals surface area contributed by atoms with Gasteiger partial charge in [-0.3, -0.25) is 0 Å². The molecule has 0 bridgehead atoms. The summed E-state index contributed by atoms with van der Waals surface area (Å²) >= 11 is 3.39. The Bertz CT molecular complexity index is 656. The molecule has 2 aromatic rings. The van der Waals surface area contributed by atoms with Crippen molar-refractivity contribution in [1.82, 2.24) is 5.32 Å². The maximum atomic E-state index is 11.5. The normalized spacial score (nSPS) is 10.6.